The fourth-order valence-electron chi connectivity index (χ4n) is 2.74. The summed E-state index contributed by atoms with van der Waals surface area (Å²) in [6, 6.07) is 9.14. The van der Waals surface area contributed by atoms with Crippen LogP contribution in [0, 0.1) is 11.6 Å². The number of halogens is 2. The first-order valence-corrected chi connectivity index (χ1v) is 10.4. The fraction of sp³-hybridized carbons (Fsp3) is 0.316. The molecule has 2 aromatic carbocycles. The lowest BCUT2D eigenvalue weighted by molar-refractivity contribution is -0.116. The number of benzene rings is 2. The first kappa shape index (κ1) is 21.2. The summed E-state index contributed by atoms with van der Waals surface area (Å²) in [5, 5.41) is 2.50. The number of sulfonamides is 1. The van der Waals surface area contributed by atoms with Crippen LogP contribution in [0.3, 0.4) is 0 Å². The number of carbonyl (C=O) groups is 1. The van der Waals surface area contributed by atoms with E-state index in [0.717, 1.165) is 16.4 Å². The predicted octanol–water partition coefficient (Wildman–Crippen LogP) is 2.39. The van der Waals surface area contributed by atoms with Crippen molar-refractivity contribution in [3.05, 3.63) is 54.1 Å². The largest absolute Gasteiger partial charge is 0.490 e. The van der Waals surface area contributed by atoms with Gasteiger partial charge in [-0.3, -0.25) is 4.79 Å². The number of rotatable bonds is 7. The highest BCUT2D eigenvalue weighted by atomic mass is 32.2. The molecule has 0 aromatic heterocycles. The average Bonchev–Trinajstić information content (AvgIpc) is 2.71. The molecule has 0 aliphatic carbocycles. The minimum Gasteiger partial charge on any atom is -0.490 e. The molecule has 2 aromatic rings. The molecule has 1 N–H and O–H groups in total. The van der Waals surface area contributed by atoms with Crippen LogP contribution in [-0.4, -0.2) is 51.5 Å². The molecule has 0 radical (unpaired) electrons. The maximum absolute atomic E-state index is 14.2. The monoisotopic (exact) mass is 426 g/mol. The summed E-state index contributed by atoms with van der Waals surface area (Å²) in [6.07, 6.45) is -0.0999. The van der Waals surface area contributed by atoms with Crippen molar-refractivity contribution < 1.29 is 31.5 Å². The van der Waals surface area contributed by atoms with Crippen LogP contribution < -0.4 is 10.1 Å². The van der Waals surface area contributed by atoms with Gasteiger partial charge in [-0.2, -0.15) is 4.31 Å². The van der Waals surface area contributed by atoms with E-state index in [9.17, 15) is 22.0 Å². The molecule has 0 atom stereocenters. The van der Waals surface area contributed by atoms with E-state index in [0.29, 0.717) is 0 Å². The zero-order valence-corrected chi connectivity index (χ0v) is 16.3. The number of amides is 1. The molecular formula is C19H20F2N2O5S. The van der Waals surface area contributed by atoms with Gasteiger partial charge < -0.3 is 14.8 Å². The molecule has 0 unspecified atom stereocenters. The average molecular weight is 426 g/mol. The van der Waals surface area contributed by atoms with Gasteiger partial charge in [0.15, 0.2) is 11.6 Å². The minimum absolute atomic E-state index is 0.0287. The molecule has 1 aliphatic heterocycles. The Morgan fingerprint density at radius 3 is 2.55 bits per heavy atom. The summed E-state index contributed by atoms with van der Waals surface area (Å²) in [4.78, 5) is 11.6. The van der Waals surface area contributed by atoms with Gasteiger partial charge >= 0.3 is 0 Å². The molecule has 1 fully saturated rings. The van der Waals surface area contributed by atoms with Crippen LogP contribution in [0.5, 0.6) is 5.75 Å². The lowest BCUT2D eigenvalue weighted by atomic mass is 10.3. The molecule has 1 heterocycles. The normalized spacial score (nSPS) is 15.1. The lowest BCUT2D eigenvalue weighted by Crippen LogP contribution is -2.40. The number of nitrogens with zero attached hydrogens (tertiary/aromatic N) is 1. The molecule has 29 heavy (non-hydrogen) atoms. The van der Waals surface area contributed by atoms with E-state index >= 15 is 0 Å². The van der Waals surface area contributed by atoms with Crippen molar-refractivity contribution >= 4 is 21.6 Å². The van der Waals surface area contributed by atoms with Crippen molar-refractivity contribution in [3.63, 3.8) is 0 Å². The zero-order chi connectivity index (χ0) is 20.9. The van der Waals surface area contributed by atoms with Crippen molar-refractivity contribution in [2.75, 3.05) is 38.2 Å². The van der Waals surface area contributed by atoms with Gasteiger partial charge in [0.25, 0.3) is 0 Å². The van der Waals surface area contributed by atoms with Crippen LogP contribution in [0.4, 0.5) is 14.5 Å². The molecule has 156 valence electrons. The third kappa shape index (κ3) is 5.28. The lowest BCUT2D eigenvalue weighted by Gasteiger charge is -2.26. The van der Waals surface area contributed by atoms with E-state index in [4.69, 9.17) is 9.47 Å². The maximum atomic E-state index is 14.2. The van der Waals surface area contributed by atoms with E-state index in [1.165, 1.54) is 24.3 Å². The van der Waals surface area contributed by atoms with E-state index in [1.807, 2.05) is 0 Å². The number of hydrogen-bond donors (Lipinski definition) is 1. The smallest absolute Gasteiger partial charge is 0.246 e. The van der Waals surface area contributed by atoms with Crippen LogP contribution in [-0.2, 0) is 19.6 Å². The molecular weight excluding hydrogens is 406 g/mol. The summed E-state index contributed by atoms with van der Waals surface area (Å²) in [5.41, 5.74) is 0.133. The highest BCUT2D eigenvalue weighted by Crippen LogP contribution is 2.24. The van der Waals surface area contributed by atoms with Gasteiger partial charge in [0.05, 0.1) is 26.2 Å². The van der Waals surface area contributed by atoms with Crippen molar-refractivity contribution in [3.8, 4) is 5.75 Å². The Balaban J connectivity index is 1.63. The van der Waals surface area contributed by atoms with Gasteiger partial charge in [-0.15, -0.1) is 0 Å². The van der Waals surface area contributed by atoms with E-state index in [2.05, 4.69) is 5.32 Å². The number of hydrogen-bond acceptors (Lipinski definition) is 5. The quantitative estimate of drug-likeness (QED) is 0.735. The summed E-state index contributed by atoms with van der Waals surface area (Å²) in [5.74, 6) is -1.90. The SMILES string of the molecule is O=C(CCOc1ccccc1F)Nc1ccc(F)c(S(=O)(=O)N2CCOCC2)c1. The van der Waals surface area contributed by atoms with Crippen LogP contribution in [0.15, 0.2) is 47.4 Å². The van der Waals surface area contributed by atoms with Gasteiger partial charge in [0.1, 0.15) is 10.7 Å². The van der Waals surface area contributed by atoms with Crippen LogP contribution in [0.1, 0.15) is 6.42 Å². The van der Waals surface area contributed by atoms with Crippen LogP contribution >= 0.6 is 0 Å². The van der Waals surface area contributed by atoms with E-state index < -0.39 is 32.5 Å². The Bertz CT molecular complexity index is 978. The number of carbonyl (C=O) groups excluding carboxylic acids is 1. The molecule has 7 nitrogen and oxygen atoms in total. The summed E-state index contributed by atoms with van der Waals surface area (Å²) < 4.78 is 64.5. The van der Waals surface area contributed by atoms with Gasteiger partial charge in [-0.1, -0.05) is 12.1 Å². The van der Waals surface area contributed by atoms with Gasteiger partial charge in [0.2, 0.25) is 15.9 Å². The Labute approximate surface area is 167 Å². The highest BCUT2D eigenvalue weighted by molar-refractivity contribution is 7.89. The summed E-state index contributed by atoms with van der Waals surface area (Å²) >= 11 is 0. The van der Waals surface area contributed by atoms with Crippen LogP contribution in [0.2, 0.25) is 0 Å². The molecule has 0 bridgehead atoms. The van der Waals surface area contributed by atoms with Crippen molar-refractivity contribution in [1.82, 2.24) is 4.31 Å². The van der Waals surface area contributed by atoms with Gasteiger partial charge in [-0.05, 0) is 30.3 Å². The molecule has 3 rings (SSSR count). The number of ether oxygens (including phenoxy) is 2. The molecule has 1 aliphatic rings. The maximum Gasteiger partial charge on any atom is 0.246 e. The molecule has 0 spiro atoms. The van der Waals surface area contributed by atoms with Crippen molar-refractivity contribution in [2.45, 2.75) is 11.3 Å². The Morgan fingerprint density at radius 1 is 1.10 bits per heavy atom. The van der Waals surface area contributed by atoms with E-state index in [1.54, 1.807) is 6.07 Å². The topological polar surface area (TPSA) is 84.9 Å². The van der Waals surface area contributed by atoms with Crippen molar-refractivity contribution in [1.29, 1.82) is 0 Å². The second-order valence-corrected chi connectivity index (χ2v) is 8.15. The highest BCUT2D eigenvalue weighted by Gasteiger charge is 2.29. The van der Waals surface area contributed by atoms with Crippen molar-refractivity contribution in [2.24, 2.45) is 0 Å². The van der Waals surface area contributed by atoms with Gasteiger partial charge in [-0.25, -0.2) is 17.2 Å². The minimum atomic E-state index is -4.05. The third-order valence-electron chi connectivity index (χ3n) is 4.23. The predicted molar refractivity (Wildman–Crippen MR) is 101 cm³/mol. The molecule has 1 amide bonds. The van der Waals surface area contributed by atoms with Crippen LogP contribution in [0.25, 0.3) is 0 Å². The zero-order valence-electron chi connectivity index (χ0n) is 15.4. The molecule has 10 heteroatoms. The Hall–Kier alpha value is -2.56. The number of nitrogens with one attached hydrogen (secondary N) is 1. The summed E-state index contributed by atoms with van der Waals surface area (Å²) in [7, 11) is -4.05. The number of anilines is 1. The Kier molecular flexibility index (Phi) is 6.78. The molecule has 1 saturated heterocycles. The first-order chi connectivity index (χ1) is 13.9. The Morgan fingerprint density at radius 2 is 1.83 bits per heavy atom. The number of morpholine rings is 1. The second kappa shape index (κ2) is 9.29. The van der Waals surface area contributed by atoms with Gasteiger partial charge in [0, 0.05) is 18.8 Å². The third-order valence-corrected chi connectivity index (χ3v) is 6.14. The molecule has 0 saturated carbocycles. The number of para-hydroxylation sites is 1. The van der Waals surface area contributed by atoms with E-state index in [-0.39, 0.29) is 50.8 Å². The standard InChI is InChI=1S/C19H20F2N2O5S/c20-15-3-1-2-4-17(15)28-10-7-19(24)22-14-5-6-16(21)18(13-14)29(25,26)23-8-11-27-12-9-23/h1-6,13H,7-12H2,(H,22,24). The second-order valence-electron chi connectivity index (χ2n) is 6.24. The summed E-state index contributed by atoms with van der Waals surface area (Å²) in [6.45, 7) is 0.656. The first-order valence-electron chi connectivity index (χ1n) is 8.92. The fourth-order valence-corrected chi connectivity index (χ4v) is 4.24.